The van der Waals surface area contributed by atoms with Crippen LogP contribution in [0.1, 0.15) is 75.6 Å². The van der Waals surface area contributed by atoms with Crippen molar-refractivity contribution in [3.63, 3.8) is 0 Å². The lowest BCUT2D eigenvalue weighted by Crippen LogP contribution is -2.34. The number of benzene rings is 2. The summed E-state index contributed by atoms with van der Waals surface area (Å²) in [6.07, 6.45) is 31.0. The van der Waals surface area contributed by atoms with Gasteiger partial charge < -0.3 is 20.5 Å². The molecule has 2 amide bonds. The Bertz CT molecular complexity index is 1420. The molecule has 0 aliphatic carbocycles. The van der Waals surface area contributed by atoms with Crippen LogP contribution in [0, 0.1) is 11.6 Å². The summed E-state index contributed by atoms with van der Waals surface area (Å²) in [5, 5.41) is 15.1. The van der Waals surface area contributed by atoms with Crippen LogP contribution in [0.5, 0.6) is 5.75 Å². The standard InChI is InChI=1S/C39H48F2N2O4/c1-3-4-5-6-7-8-9-10-11-12-13-14-15-16-17-18-19-20-21-22-38(45)42-27-28-43-39(46)35-29-32(23-26-37(35)47-31(2)44)34-25-24-33(40)30-36(34)41/h4-5,7-8,10-11,13-14,16-17,19-20,23-26,29-31,44H,3,6,9,12,15,18,21-22,27-28H2,1-2H3,(H,42,45)(H,43,46)/b5-4-,8-7-,11-10-,14-13-,17-16-,20-19-. The van der Waals surface area contributed by atoms with Crippen molar-refractivity contribution in [2.45, 2.75) is 71.5 Å². The summed E-state index contributed by atoms with van der Waals surface area (Å²) < 4.78 is 33.0. The summed E-state index contributed by atoms with van der Waals surface area (Å²) >= 11 is 0. The minimum Gasteiger partial charge on any atom is -0.465 e. The first-order chi connectivity index (χ1) is 22.8. The van der Waals surface area contributed by atoms with Crippen molar-refractivity contribution in [1.29, 1.82) is 0 Å². The fourth-order valence-corrected chi connectivity index (χ4v) is 4.30. The number of aliphatic hydroxyl groups excluding tert-OH is 1. The number of amides is 2. The Morgan fingerprint density at radius 1 is 0.766 bits per heavy atom. The maximum absolute atomic E-state index is 14.3. The van der Waals surface area contributed by atoms with E-state index in [-0.39, 0.29) is 35.9 Å². The Balaban J connectivity index is 1.64. The van der Waals surface area contributed by atoms with E-state index in [1.54, 1.807) is 0 Å². The SMILES string of the molecule is CC/C=C\C/C=C\C/C=C\C/C=C\C/C=C\C/C=C\CCC(=O)NCCNC(=O)c1cc(-c2ccc(F)cc2F)ccc1OC(C)O. The molecule has 0 saturated heterocycles. The van der Waals surface area contributed by atoms with Crippen LogP contribution in [0.4, 0.5) is 8.78 Å². The minimum atomic E-state index is -1.18. The molecule has 0 heterocycles. The molecule has 0 bridgehead atoms. The van der Waals surface area contributed by atoms with Gasteiger partial charge in [-0.3, -0.25) is 9.59 Å². The fourth-order valence-electron chi connectivity index (χ4n) is 4.30. The quantitative estimate of drug-likeness (QED) is 0.0720. The molecular weight excluding hydrogens is 598 g/mol. The average molecular weight is 647 g/mol. The highest BCUT2D eigenvalue weighted by atomic mass is 19.1. The average Bonchev–Trinajstić information content (AvgIpc) is 3.04. The molecule has 8 heteroatoms. The molecule has 252 valence electrons. The molecule has 0 fully saturated rings. The van der Waals surface area contributed by atoms with Crippen molar-refractivity contribution in [2.75, 3.05) is 13.1 Å². The van der Waals surface area contributed by atoms with Crippen LogP contribution in [0.2, 0.25) is 0 Å². The smallest absolute Gasteiger partial charge is 0.255 e. The molecule has 1 atom stereocenters. The number of aliphatic hydroxyl groups is 1. The molecule has 2 aromatic rings. The number of nitrogens with one attached hydrogen (secondary N) is 2. The molecule has 0 radical (unpaired) electrons. The third kappa shape index (κ3) is 17.1. The van der Waals surface area contributed by atoms with Gasteiger partial charge in [0.25, 0.3) is 5.91 Å². The van der Waals surface area contributed by atoms with Crippen molar-refractivity contribution < 1.29 is 28.2 Å². The first kappa shape index (κ1) is 38.6. The molecule has 2 rings (SSSR count). The zero-order valence-corrected chi connectivity index (χ0v) is 27.5. The van der Waals surface area contributed by atoms with Gasteiger partial charge in [0.2, 0.25) is 5.91 Å². The van der Waals surface area contributed by atoms with Crippen molar-refractivity contribution >= 4 is 11.8 Å². The van der Waals surface area contributed by atoms with Crippen LogP contribution < -0.4 is 15.4 Å². The molecule has 0 aromatic heterocycles. The number of hydrogen-bond acceptors (Lipinski definition) is 4. The number of halogens is 2. The molecule has 0 saturated carbocycles. The van der Waals surface area contributed by atoms with E-state index in [1.165, 1.54) is 31.2 Å². The molecule has 0 aliphatic heterocycles. The van der Waals surface area contributed by atoms with Gasteiger partial charge in [-0.2, -0.15) is 0 Å². The number of carbonyl (C=O) groups excluding carboxylic acids is 2. The van der Waals surface area contributed by atoms with E-state index >= 15 is 0 Å². The van der Waals surface area contributed by atoms with E-state index < -0.39 is 23.8 Å². The van der Waals surface area contributed by atoms with Gasteiger partial charge >= 0.3 is 0 Å². The fraction of sp³-hybridized carbons (Fsp3) is 0.333. The topological polar surface area (TPSA) is 87.7 Å². The highest BCUT2D eigenvalue weighted by molar-refractivity contribution is 5.98. The van der Waals surface area contributed by atoms with Crippen LogP contribution in [0.25, 0.3) is 11.1 Å². The third-order valence-corrected chi connectivity index (χ3v) is 6.63. The lowest BCUT2D eigenvalue weighted by Gasteiger charge is -2.15. The number of carbonyl (C=O) groups is 2. The molecule has 47 heavy (non-hydrogen) atoms. The molecular formula is C39H48F2N2O4. The van der Waals surface area contributed by atoms with Gasteiger partial charge in [0.1, 0.15) is 17.4 Å². The van der Waals surface area contributed by atoms with Gasteiger partial charge in [-0.1, -0.05) is 85.9 Å². The first-order valence-electron chi connectivity index (χ1n) is 16.2. The van der Waals surface area contributed by atoms with E-state index in [1.807, 2.05) is 12.2 Å². The summed E-state index contributed by atoms with van der Waals surface area (Å²) in [5.41, 5.74) is 0.521. The van der Waals surface area contributed by atoms with Gasteiger partial charge in [-0.25, -0.2) is 8.78 Å². The zero-order chi connectivity index (χ0) is 34.1. The summed E-state index contributed by atoms with van der Waals surface area (Å²) in [6.45, 7) is 3.89. The largest absolute Gasteiger partial charge is 0.465 e. The summed E-state index contributed by atoms with van der Waals surface area (Å²) in [6, 6.07) is 7.54. The number of rotatable bonds is 21. The van der Waals surface area contributed by atoms with Crippen LogP contribution in [-0.2, 0) is 4.79 Å². The van der Waals surface area contributed by atoms with E-state index in [0.29, 0.717) is 18.4 Å². The van der Waals surface area contributed by atoms with Gasteiger partial charge in [0.15, 0.2) is 6.29 Å². The maximum atomic E-state index is 14.3. The van der Waals surface area contributed by atoms with Crippen molar-refractivity contribution in [3.05, 3.63) is 127 Å². The predicted molar refractivity (Wildman–Crippen MR) is 187 cm³/mol. The van der Waals surface area contributed by atoms with Gasteiger partial charge in [0, 0.05) is 31.1 Å². The second kappa shape index (κ2) is 23.7. The minimum absolute atomic E-state index is 0.0658. The molecule has 6 nitrogen and oxygen atoms in total. The zero-order valence-electron chi connectivity index (χ0n) is 27.5. The van der Waals surface area contributed by atoms with E-state index in [9.17, 15) is 23.5 Å². The second-order valence-electron chi connectivity index (χ2n) is 10.6. The lowest BCUT2D eigenvalue weighted by atomic mass is 10.0. The Morgan fingerprint density at radius 2 is 1.32 bits per heavy atom. The summed E-state index contributed by atoms with van der Waals surface area (Å²) in [4.78, 5) is 25.1. The molecule has 3 N–H and O–H groups in total. The highest BCUT2D eigenvalue weighted by Crippen LogP contribution is 2.29. The monoisotopic (exact) mass is 646 g/mol. The normalized spacial score (nSPS) is 12.8. The molecule has 0 aliphatic rings. The molecule has 2 aromatic carbocycles. The van der Waals surface area contributed by atoms with Gasteiger partial charge in [-0.15, -0.1) is 0 Å². The maximum Gasteiger partial charge on any atom is 0.255 e. The Labute approximate surface area is 278 Å². The number of ether oxygens (including phenoxy) is 1. The highest BCUT2D eigenvalue weighted by Gasteiger charge is 2.17. The first-order valence-corrected chi connectivity index (χ1v) is 16.2. The van der Waals surface area contributed by atoms with Crippen LogP contribution in [0.3, 0.4) is 0 Å². The predicted octanol–water partition coefficient (Wildman–Crippen LogP) is 8.67. The van der Waals surface area contributed by atoms with Crippen LogP contribution in [0.15, 0.2) is 109 Å². The van der Waals surface area contributed by atoms with Crippen molar-refractivity contribution in [2.24, 2.45) is 0 Å². The van der Waals surface area contributed by atoms with Crippen LogP contribution >= 0.6 is 0 Å². The third-order valence-electron chi connectivity index (χ3n) is 6.63. The lowest BCUT2D eigenvalue weighted by molar-refractivity contribution is -0.120. The Kier molecular flexibility index (Phi) is 19.5. The van der Waals surface area contributed by atoms with E-state index in [4.69, 9.17) is 4.74 Å². The number of hydrogen-bond donors (Lipinski definition) is 3. The van der Waals surface area contributed by atoms with E-state index in [0.717, 1.165) is 50.7 Å². The second-order valence-corrected chi connectivity index (χ2v) is 10.6. The van der Waals surface area contributed by atoms with Gasteiger partial charge in [-0.05, 0) is 81.7 Å². The number of allylic oxidation sites excluding steroid dienone is 12. The Morgan fingerprint density at radius 3 is 1.87 bits per heavy atom. The summed E-state index contributed by atoms with van der Waals surface area (Å²) in [7, 11) is 0. The molecule has 0 spiro atoms. The summed E-state index contributed by atoms with van der Waals surface area (Å²) in [5.74, 6) is -2.04. The van der Waals surface area contributed by atoms with Crippen molar-refractivity contribution in [1.82, 2.24) is 10.6 Å². The Hall–Kier alpha value is -4.56. The van der Waals surface area contributed by atoms with Crippen LogP contribution in [-0.4, -0.2) is 36.3 Å². The van der Waals surface area contributed by atoms with Crippen molar-refractivity contribution in [3.8, 4) is 16.9 Å². The van der Waals surface area contributed by atoms with E-state index in [2.05, 4.69) is 78.3 Å². The van der Waals surface area contributed by atoms with Gasteiger partial charge in [0.05, 0.1) is 5.56 Å². The molecule has 1 unspecified atom stereocenters.